The Morgan fingerprint density at radius 1 is 1.16 bits per heavy atom. The predicted molar refractivity (Wildman–Crippen MR) is 99.5 cm³/mol. The van der Waals surface area contributed by atoms with Gasteiger partial charge in [-0.05, 0) is 56.8 Å². The van der Waals surface area contributed by atoms with Gasteiger partial charge in [0.2, 0.25) is 0 Å². The minimum atomic E-state index is -0.250. The van der Waals surface area contributed by atoms with Crippen LogP contribution in [0.5, 0.6) is 11.5 Å². The van der Waals surface area contributed by atoms with Crippen LogP contribution in [0.2, 0.25) is 0 Å². The molecule has 0 saturated heterocycles. The van der Waals surface area contributed by atoms with E-state index in [0.29, 0.717) is 12.6 Å². The van der Waals surface area contributed by atoms with Crippen molar-refractivity contribution in [3.8, 4) is 11.5 Å². The number of methoxy groups -OCH3 is 2. The fraction of sp³-hybridized carbons (Fsp3) is 0.700. The van der Waals surface area contributed by atoms with Crippen LogP contribution in [0.4, 0.5) is 0 Å². The molecule has 0 bridgehead atoms. The Balaban J connectivity index is 1.80. The van der Waals surface area contributed by atoms with E-state index >= 15 is 0 Å². The van der Waals surface area contributed by atoms with Gasteiger partial charge in [-0.2, -0.15) is 0 Å². The number of benzene rings is 1. The number of hydrogen-bond donors (Lipinski definition) is 2. The zero-order valence-corrected chi connectivity index (χ0v) is 15.8. The number of rotatable bonds is 10. The second kappa shape index (κ2) is 10.6. The number of nitrogens with one attached hydrogen (secondary N) is 1. The summed E-state index contributed by atoms with van der Waals surface area (Å²) < 4.78 is 16.8. The highest BCUT2D eigenvalue weighted by Crippen LogP contribution is 2.28. The van der Waals surface area contributed by atoms with E-state index in [1.165, 1.54) is 18.4 Å². The van der Waals surface area contributed by atoms with Crippen molar-refractivity contribution in [2.75, 3.05) is 27.4 Å². The molecule has 25 heavy (non-hydrogen) atoms. The number of hydrogen-bond acceptors (Lipinski definition) is 5. The summed E-state index contributed by atoms with van der Waals surface area (Å²) in [4.78, 5) is 0. The molecule has 1 aliphatic carbocycles. The maximum Gasteiger partial charge on any atom is 0.160 e. The minimum Gasteiger partial charge on any atom is -0.493 e. The molecule has 0 amide bonds. The third kappa shape index (κ3) is 6.49. The van der Waals surface area contributed by atoms with Crippen LogP contribution >= 0.6 is 0 Å². The lowest BCUT2D eigenvalue weighted by molar-refractivity contribution is 0.00599. The highest BCUT2D eigenvalue weighted by Gasteiger charge is 2.25. The fourth-order valence-electron chi connectivity index (χ4n) is 3.37. The predicted octanol–water partition coefficient (Wildman–Crippen LogP) is 2.93. The zero-order chi connectivity index (χ0) is 18.1. The summed E-state index contributed by atoms with van der Waals surface area (Å²) in [6, 6.07) is 6.42. The van der Waals surface area contributed by atoms with E-state index in [9.17, 15) is 5.11 Å². The molecule has 1 fully saturated rings. The molecular weight excluding hydrogens is 318 g/mol. The summed E-state index contributed by atoms with van der Waals surface area (Å²) in [7, 11) is 3.30. The van der Waals surface area contributed by atoms with Crippen LogP contribution in [0, 0.1) is 0 Å². The number of ether oxygens (including phenoxy) is 3. The van der Waals surface area contributed by atoms with Gasteiger partial charge in [0.05, 0.1) is 33.0 Å². The monoisotopic (exact) mass is 351 g/mol. The average molecular weight is 351 g/mol. The van der Waals surface area contributed by atoms with E-state index in [-0.39, 0.29) is 12.2 Å². The standard InChI is InChI=1S/C20H33NO4/c1-15(22)10-12-21-17-6-4-5-7-18(17)25-13-11-16-8-9-19(23-2)20(14-16)24-3/h8-9,14-15,17-18,21-22H,4-7,10-13H2,1-3H3/t15?,17-,18?/m1/s1. The van der Waals surface area contributed by atoms with Crippen LogP contribution in [-0.2, 0) is 11.2 Å². The fourth-order valence-corrected chi connectivity index (χ4v) is 3.37. The van der Waals surface area contributed by atoms with Gasteiger partial charge in [0.1, 0.15) is 0 Å². The Morgan fingerprint density at radius 2 is 1.92 bits per heavy atom. The third-order valence-corrected chi connectivity index (χ3v) is 4.84. The Bertz CT molecular complexity index is 506. The van der Waals surface area contributed by atoms with Gasteiger partial charge >= 0.3 is 0 Å². The Labute approximate surface area is 151 Å². The smallest absolute Gasteiger partial charge is 0.160 e. The van der Waals surface area contributed by atoms with Gasteiger partial charge in [-0.3, -0.25) is 0 Å². The summed E-state index contributed by atoms with van der Waals surface area (Å²) in [6.07, 6.45) is 6.41. The molecule has 0 aromatic heterocycles. The van der Waals surface area contributed by atoms with Crippen molar-refractivity contribution in [3.63, 3.8) is 0 Å². The van der Waals surface area contributed by atoms with Crippen LogP contribution in [0.15, 0.2) is 18.2 Å². The number of aliphatic hydroxyl groups excluding tert-OH is 1. The van der Waals surface area contributed by atoms with E-state index < -0.39 is 0 Å². The second-order valence-electron chi connectivity index (χ2n) is 6.83. The molecule has 2 rings (SSSR count). The molecule has 0 aliphatic heterocycles. The normalized spacial score (nSPS) is 21.8. The highest BCUT2D eigenvalue weighted by atomic mass is 16.5. The van der Waals surface area contributed by atoms with Gasteiger partial charge in [-0.25, -0.2) is 0 Å². The molecule has 2 N–H and O–H groups in total. The third-order valence-electron chi connectivity index (χ3n) is 4.84. The van der Waals surface area contributed by atoms with E-state index in [4.69, 9.17) is 14.2 Å². The molecule has 0 spiro atoms. The molecule has 1 aromatic carbocycles. The molecule has 3 atom stereocenters. The zero-order valence-electron chi connectivity index (χ0n) is 15.8. The van der Waals surface area contributed by atoms with Gasteiger partial charge in [0.25, 0.3) is 0 Å². The lowest BCUT2D eigenvalue weighted by atomic mass is 9.92. The second-order valence-corrected chi connectivity index (χ2v) is 6.83. The molecule has 2 unspecified atom stereocenters. The van der Waals surface area contributed by atoms with Crippen molar-refractivity contribution in [1.29, 1.82) is 0 Å². The van der Waals surface area contributed by atoms with E-state index in [0.717, 1.165) is 43.7 Å². The van der Waals surface area contributed by atoms with Gasteiger partial charge in [0, 0.05) is 6.04 Å². The van der Waals surface area contributed by atoms with Crippen molar-refractivity contribution in [2.45, 2.75) is 63.7 Å². The lowest BCUT2D eigenvalue weighted by Gasteiger charge is -2.32. The summed E-state index contributed by atoms with van der Waals surface area (Å²) in [5.41, 5.74) is 1.19. The van der Waals surface area contributed by atoms with Crippen molar-refractivity contribution in [3.05, 3.63) is 23.8 Å². The largest absolute Gasteiger partial charge is 0.493 e. The summed E-state index contributed by atoms with van der Waals surface area (Å²) in [6.45, 7) is 3.38. The first-order chi connectivity index (χ1) is 12.1. The molecule has 142 valence electrons. The van der Waals surface area contributed by atoms with Crippen LogP contribution < -0.4 is 14.8 Å². The van der Waals surface area contributed by atoms with Crippen molar-refractivity contribution < 1.29 is 19.3 Å². The van der Waals surface area contributed by atoms with E-state index in [1.807, 2.05) is 19.1 Å². The SMILES string of the molecule is COc1ccc(CCOC2CCCC[C@H]2NCCC(C)O)cc1OC. The molecule has 5 nitrogen and oxygen atoms in total. The van der Waals surface area contributed by atoms with E-state index in [2.05, 4.69) is 11.4 Å². The quantitative estimate of drug-likeness (QED) is 0.679. The van der Waals surface area contributed by atoms with Crippen molar-refractivity contribution in [2.24, 2.45) is 0 Å². The van der Waals surface area contributed by atoms with Crippen molar-refractivity contribution in [1.82, 2.24) is 5.32 Å². The first-order valence-electron chi connectivity index (χ1n) is 9.38. The molecule has 1 aliphatic rings. The summed E-state index contributed by atoms with van der Waals surface area (Å²) in [5, 5.41) is 13.0. The molecule has 1 saturated carbocycles. The Kier molecular flexibility index (Phi) is 8.52. The average Bonchev–Trinajstić information content (AvgIpc) is 2.62. The van der Waals surface area contributed by atoms with Gasteiger partial charge in [-0.15, -0.1) is 0 Å². The topological polar surface area (TPSA) is 60.0 Å². The van der Waals surface area contributed by atoms with Crippen LogP contribution in [0.25, 0.3) is 0 Å². The maximum atomic E-state index is 9.40. The first-order valence-corrected chi connectivity index (χ1v) is 9.38. The molecule has 0 heterocycles. The maximum absolute atomic E-state index is 9.40. The Morgan fingerprint density at radius 3 is 2.64 bits per heavy atom. The van der Waals surface area contributed by atoms with Gasteiger partial charge < -0.3 is 24.6 Å². The van der Waals surface area contributed by atoms with Crippen molar-refractivity contribution >= 4 is 0 Å². The van der Waals surface area contributed by atoms with Crippen LogP contribution in [-0.4, -0.2) is 50.7 Å². The molecule has 0 radical (unpaired) electrons. The minimum absolute atomic E-state index is 0.250. The molecule has 1 aromatic rings. The lowest BCUT2D eigenvalue weighted by Crippen LogP contribution is -2.44. The van der Waals surface area contributed by atoms with Gasteiger partial charge in [0.15, 0.2) is 11.5 Å². The molecule has 5 heteroatoms. The first kappa shape index (κ1) is 20.0. The van der Waals surface area contributed by atoms with Crippen LogP contribution in [0.1, 0.15) is 44.6 Å². The van der Waals surface area contributed by atoms with Crippen LogP contribution in [0.3, 0.4) is 0 Å². The highest BCUT2D eigenvalue weighted by molar-refractivity contribution is 5.42. The van der Waals surface area contributed by atoms with Gasteiger partial charge in [-0.1, -0.05) is 18.9 Å². The Hall–Kier alpha value is -1.30. The summed E-state index contributed by atoms with van der Waals surface area (Å²) >= 11 is 0. The molecular formula is C20H33NO4. The van der Waals surface area contributed by atoms with E-state index in [1.54, 1.807) is 14.2 Å². The number of aliphatic hydroxyl groups is 1. The summed E-state index contributed by atoms with van der Waals surface area (Å²) in [5.74, 6) is 1.51.